The second-order valence-corrected chi connectivity index (χ2v) is 3.16. The molecule has 0 unspecified atom stereocenters. The molecule has 3 rings (SSSR count). The van der Waals surface area contributed by atoms with Gasteiger partial charge in [-0.25, -0.2) is 9.98 Å². The van der Waals surface area contributed by atoms with E-state index in [1.165, 1.54) is 0 Å². The van der Waals surface area contributed by atoms with Crippen molar-refractivity contribution in [3.63, 3.8) is 0 Å². The van der Waals surface area contributed by atoms with Crippen molar-refractivity contribution < 1.29 is 0 Å². The predicted molar refractivity (Wildman–Crippen MR) is 55.0 cm³/mol. The Kier molecular flexibility index (Phi) is 1.30. The molecule has 0 bridgehead atoms. The standard InChI is InChI=1S/C9H9N5/c10-8-11-5-14-7-4-2-1-3-6(7)12-9(14)13-8/h1-4H,5H2,(H3,10,11,12,13). The van der Waals surface area contributed by atoms with Gasteiger partial charge in [0.25, 0.3) is 0 Å². The van der Waals surface area contributed by atoms with Crippen molar-refractivity contribution >= 4 is 22.9 Å². The van der Waals surface area contributed by atoms with Gasteiger partial charge in [0.1, 0.15) is 6.67 Å². The summed E-state index contributed by atoms with van der Waals surface area (Å²) in [7, 11) is 0. The minimum atomic E-state index is 0.424. The zero-order valence-corrected chi connectivity index (χ0v) is 7.44. The second kappa shape index (κ2) is 2.47. The third-order valence-electron chi connectivity index (χ3n) is 2.28. The van der Waals surface area contributed by atoms with E-state index in [9.17, 15) is 0 Å². The van der Waals surface area contributed by atoms with Gasteiger partial charge in [-0.1, -0.05) is 12.1 Å². The molecule has 0 amide bonds. The molecule has 2 aromatic rings. The lowest BCUT2D eigenvalue weighted by molar-refractivity contribution is 0.749. The van der Waals surface area contributed by atoms with Crippen molar-refractivity contribution in [3.05, 3.63) is 24.3 Å². The molecule has 5 heteroatoms. The summed E-state index contributed by atoms with van der Waals surface area (Å²) in [4.78, 5) is 8.49. The number of nitrogens with one attached hydrogen (secondary N) is 1. The molecule has 1 aromatic heterocycles. The van der Waals surface area contributed by atoms with Gasteiger partial charge < -0.3 is 5.73 Å². The first kappa shape index (κ1) is 7.37. The predicted octanol–water partition coefficient (Wildman–Crippen LogP) is 0.734. The molecule has 1 aliphatic heterocycles. The number of nitrogens with two attached hydrogens (primary N) is 1. The number of imidazole rings is 1. The summed E-state index contributed by atoms with van der Waals surface area (Å²) in [5.41, 5.74) is 7.59. The molecule has 0 fully saturated rings. The first-order chi connectivity index (χ1) is 6.84. The monoisotopic (exact) mass is 187 g/mol. The van der Waals surface area contributed by atoms with Gasteiger partial charge in [0.05, 0.1) is 11.0 Å². The van der Waals surface area contributed by atoms with Crippen molar-refractivity contribution in [2.75, 3.05) is 5.32 Å². The second-order valence-electron chi connectivity index (χ2n) is 3.16. The van der Waals surface area contributed by atoms with Gasteiger partial charge >= 0.3 is 0 Å². The summed E-state index contributed by atoms with van der Waals surface area (Å²) in [5.74, 6) is 1.19. The number of aliphatic imine (C=N–C) groups is 1. The number of hydrogen-bond donors (Lipinski definition) is 2. The molecule has 0 saturated heterocycles. The van der Waals surface area contributed by atoms with E-state index in [4.69, 9.17) is 5.73 Å². The molecule has 1 aromatic carbocycles. The lowest BCUT2D eigenvalue weighted by Gasteiger charge is -2.13. The molecule has 0 aliphatic carbocycles. The maximum Gasteiger partial charge on any atom is 0.212 e. The lowest BCUT2D eigenvalue weighted by atomic mass is 10.3. The highest BCUT2D eigenvalue weighted by Crippen LogP contribution is 2.20. The smallest absolute Gasteiger partial charge is 0.212 e. The van der Waals surface area contributed by atoms with Crippen molar-refractivity contribution in [3.8, 4) is 0 Å². The molecule has 0 saturated carbocycles. The first-order valence-electron chi connectivity index (χ1n) is 4.37. The molecule has 0 atom stereocenters. The van der Waals surface area contributed by atoms with Gasteiger partial charge in [-0.05, 0) is 12.1 Å². The van der Waals surface area contributed by atoms with Gasteiger partial charge in [-0.3, -0.25) is 9.88 Å². The maximum absolute atomic E-state index is 5.56. The topological polar surface area (TPSA) is 68.2 Å². The minimum absolute atomic E-state index is 0.424. The molecule has 70 valence electrons. The summed E-state index contributed by atoms with van der Waals surface area (Å²) in [5, 5.41) is 2.93. The number of aromatic nitrogens is 2. The van der Waals surface area contributed by atoms with Crippen molar-refractivity contribution in [1.82, 2.24) is 9.55 Å². The number of fused-ring (bicyclic) bond motifs is 3. The van der Waals surface area contributed by atoms with Crippen LogP contribution in [0.1, 0.15) is 0 Å². The van der Waals surface area contributed by atoms with Crippen LogP contribution in [0.5, 0.6) is 0 Å². The SMILES string of the molecule is NC1=NCn2c(nc3ccccc32)N1. The highest BCUT2D eigenvalue weighted by molar-refractivity contribution is 5.93. The van der Waals surface area contributed by atoms with Crippen LogP contribution >= 0.6 is 0 Å². The van der Waals surface area contributed by atoms with E-state index in [-0.39, 0.29) is 0 Å². The number of para-hydroxylation sites is 2. The van der Waals surface area contributed by atoms with Crippen molar-refractivity contribution in [2.45, 2.75) is 6.67 Å². The number of guanidine groups is 1. The van der Waals surface area contributed by atoms with Crippen molar-refractivity contribution in [1.29, 1.82) is 0 Å². The number of anilines is 1. The van der Waals surface area contributed by atoms with Crippen LogP contribution in [0, 0.1) is 0 Å². The van der Waals surface area contributed by atoms with Crippen LogP contribution in [0.15, 0.2) is 29.3 Å². The summed E-state index contributed by atoms with van der Waals surface area (Å²) >= 11 is 0. The molecule has 0 radical (unpaired) electrons. The van der Waals surface area contributed by atoms with Gasteiger partial charge in [0, 0.05) is 0 Å². The lowest BCUT2D eigenvalue weighted by Crippen LogP contribution is -2.28. The third kappa shape index (κ3) is 0.891. The fraction of sp³-hybridized carbons (Fsp3) is 0.111. The van der Waals surface area contributed by atoms with E-state index in [1.807, 2.05) is 28.8 Å². The average Bonchev–Trinajstić information content (AvgIpc) is 2.54. The first-order valence-corrected chi connectivity index (χ1v) is 4.37. The Balaban J connectivity index is 2.28. The van der Waals surface area contributed by atoms with Crippen LogP contribution in [0.3, 0.4) is 0 Å². The molecule has 2 heterocycles. The summed E-state index contributed by atoms with van der Waals surface area (Å²) in [6, 6.07) is 7.94. The van der Waals surface area contributed by atoms with Crippen LogP contribution in [0.4, 0.5) is 5.95 Å². The van der Waals surface area contributed by atoms with Gasteiger partial charge in [0.2, 0.25) is 5.95 Å². The largest absolute Gasteiger partial charge is 0.370 e. The Morgan fingerprint density at radius 3 is 3.14 bits per heavy atom. The molecular formula is C9H9N5. The summed E-state index contributed by atoms with van der Waals surface area (Å²) < 4.78 is 1.99. The Morgan fingerprint density at radius 2 is 2.21 bits per heavy atom. The molecule has 5 nitrogen and oxygen atoms in total. The van der Waals surface area contributed by atoms with Crippen LogP contribution in [0.2, 0.25) is 0 Å². The molecular weight excluding hydrogens is 178 g/mol. The van der Waals surface area contributed by atoms with E-state index >= 15 is 0 Å². The Hall–Kier alpha value is -2.04. The zero-order chi connectivity index (χ0) is 9.54. The van der Waals surface area contributed by atoms with E-state index in [2.05, 4.69) is 15.3 Å². The third-order valence-corrected chi connectivity index (χ3v) is 2.28. The maximum atomic E-state index is 5.56. The molecule has 1 aliphatic rings. The fourth-order valence-corrected chi connectivity index (χ4v) is 1.62. The van der Waals surface area contributed by atoms with Crippen LogP contribution in [-0.4, -0.2) is 15.5 Å². The quantitative estimate of drug-likeness (QED) is 0.639. The Labute approximate surface area is 80.3 Å². The minimum Gasteiger partial charge on any atom is -0.370 e. The van der Waals surface area contributed by atoms with E-state index in [0.29, 0.717) is 12.6 Å². The summed E-state index contributed by atoms with van der Waals surface area (Å²) in [6.07, 6.45) is 0. The molecule has 0 spiro atoms. The highest BCUT2D eigenvalue weighted by Gasteiger charge is 2.13. The normalized spacial score (nSPS) is 14.7. The van der Waals surface area contributed by atoms with Gasteiger partial charge in [0.15, 0.2) is 5.96 Å². The number of nitrogens with zero attached hydrogens (tertiary/aromatic N) is 3. The fourth-order valence-electron chi connectivity index (χ4n) is 1.62. The van der Waals surface area contributed by atoms with Crippen molar-refractivity contribution in [2.24, 2.45) is 10.7 Å². The van der Waals surface area contributed by atoms with Gasteiger partial charge in [-0.2, -0.15) is 0 Å². The zero-order valence-electron chi connectivity index (χ0n) is 7.44. The van der Waals surface area contributed by atoms with Crippen LogP contribution < -0.4 is 11.1 Å². The summed E-state index contributed by atoms with van der Waals surface area (Å²) in [6.45, 7) is 0.536. The van der Waals surface area contributed by atoms with E-state index in [1.54, 1.807) is 0 Å². The number of benzene rings is 1. The Morgan fingerprint density at radius 1 is 1.36 bits per heavy atom. The van der Waals surface area contributed by atoms with E-state index < -0.39 is 0 Å². The number of hydrogen-bond acceptors (Lipinski definition) is 4. The van der Waals surface area contributed by atoms with Crippen LogP contribution in [0.25, 0.3) is 11.0 Å². The van der Waals surface area contributed by atoms with E-state index in [0.717, 1.165) is 17.0 Å². The Bertz CT molecular complexity index is 525. The molecule has 3 N–H and O–H groups in total. The average molecular weight is 187 g/mol. The highest BCUT2D eigenvalue weighted by atomic mass is 15.3. The van der Waals surface area contributed by atoms with Gasteiger partial charge in [-0.15, -0.1) is 0 Å². The van der Waals surface area contributed by atoms with Crippen LogP contribution in [-0.2, 0) is 6.67 Å². The number of rotatable bonds is 0. The molecule has 14 heavy (non-hydrogen) atoms.